The molecule has 0 spiro atoms. The highest BCUT2D eigenvalue weighted by molar-refractivity contribution is 5.84. The van der Waals surface area contributed by atoms with E-state index in [1.165, 1.54) is 14.2 Å². The van der Waals surface area contributed by atoms with Crippen molar-refractivity contribution in [3.8, 4) is 0 Å². The highest BCUT2D eigenvalue weighted by Gasteiger charge is 2.68. The molecule has 0 aromatic rings. The Balaban J connectivity index is 2.12. The quantitative estimate of drug-likeness (QED) is 0.725. The molecule has 6 unspecified atom stereocenters. The third-order valence-corrected chi connectivity index (χ3v) is 7.32. The molecule has 3 aliphatic carbocycles. The van der Waals surface area contributed by atoms with Crippen molar-refractivity contribution in [1.29, 1.82) is 0 Å². The van der Waals surface area contributed by atoms with Crippen molar-refractivity contribution < 1.29 is 23.9 Å². The van der Waals surface area contributed by atoms with E-state index in [-0.39, 0.29) is 35.0 Å². The first-order valence-corrected chi connectivity index (χ1v) is 8.97. The molecule has 0 aromatic heterocycles. The minimum Gasteiger partial charge on any atom is -0.469 e. The van der Waals surface area contributed by atoms with Gasteiger partial charge >= 0.3 is 11.9 Å². The van der Waals surface area contributed by atoms with Crippen LogP contribution in [0.5, 0.6) is 0 Å². The number of hydrogen-bond donors (Lipinski definition) is 0. The normalized spacial score (nSPS) is 44.4. The molecule has 0 bridgehead atoms. The van der Waals surface area contributed by atoms with Crippen LogP contribution in [0.2, 0.25) is 0 Å². The van der Waals surface area contributed by atoms with Gasteiger partial charge in [-0.2, -0.15) is 0 Å². The summed E-state index contributed by atoms with van der Waals surface area (Å²) < 4.78 is 10.2. The largest absolute Gasteiger partial charge is 0.469 e. The van der Waals surface area contributed by atoms with Gasteiger partial charge in [0.25, 0.3) is 0 Å². The number of rotatable bonds is 2. The van der Waals surface area contributed by atoms with Gasteiger partial charge in [-0.3, -0.25) is 14.4 Å². The van der Waals surface area contributed by atoms with E-state index in [1.54, 1.807) is 0 Å². The number of fused-ring (bicyclic) bond motifs is 3. The molecule has 0 N–H and O–H groups in total. The summed E-state index contributed by atoms with van der Waals surface area (Å²) in [4.78, 5) is 37.4. The van der Waals surface area contributed by atoms with E-state index in [2.05, 4.69) is 6.92 Å². The fourth-order valence-electron chi connectivity index (χ4n) is 6.49. The number of hydrogen-bond acceptors (Lipinski definition) is 5. The van der Waals surface area contributed by atoms with Crippen LogP contribution in [0, 0.1) is 34.5 Å². The highest BCUT2D eigenvalue weighted by Crippen LogP contribution is 2.68. The molecule has 0 amide bonds. The van der Waals surface area contributed by atoms with Crippen LogP contribution in [0.4, 0.5) is 0 Å². The lowest BCUT2D eigenvalue weighted by Gasteiger charge is -2.50. The Bertz CT molecular complexity index is 570. The number of ketones is 1. The fourth-order valence-corrected chi connectivity index (χ4v) is 6.49. The Morgan fingerprint density at radius 1 is 1.12 bits per heavy atom. The second-order valence-electron chi connectivity index (χ2n) is 8.35. The van der Waals surface area contributed by atoms with Gasteiger partial charge in [0.1, 0.15) is 5.78 Å². The average molecular weight is 336 g/mol. The van der Waals surface area contributed by atoms with Crippen LogP contribution in [0.15, 0.2) is 0 Å². The van der Waals surface area contributed by atoms with Gasteiger partial charge in [0.05, 0.1) is 25.6 Å². The highest BCUT2D eigenvalue weighted by atomic mass is 16.5. The first kappa shape index (κ1) is 17.4. The SMILES string of the molecule is COC(=O)C1C2CC(=O)CCC2C2(C)CCCC(C)(C(=O)OC)C12. The zero-order valence-corrected chi connectivity index (χ0v) is 15.1. The van der Waals surface area contributed by atoms with Crippen LogP contribution >= 0.6 is 0 Å². The zero-order chi connectivity index (χ0) is 17.7. The first-order chi connectivity index (χ1) is 11.3. The molecule has 5 heteroatoms. The fraction of sp³-hybridized carbons (Fsp3) is 0.842. The van der Waals surface area contributed by atoms with E-state index in [0.717, 1.165) is 25.7 Å². The molecule has 0 radical (unpaired) electrons. The molecule has 0 aromatic carbocycles. The van der Waals surface area contributed by atoms with Gasteiger partial charge in [0.2, 0.25) is 0 Å². The Labute approximate surface area is 143 Å². The van der Waals surface area contributed by atoms with Gasteiger partial charge in [-0.25, -0.2) is 0 Å². The third kappa shape index (κ3) is 2.23. The Kier molecular flexibility index (Phi) is 4.25. The second-order valence-corrected chi connectivity index (χ2v) is 8.35. The lowest BCUT2D eigenvalue weighted by Crippen LogP contribution is -2.51. The number of methoxy groups -OCH3 is 2. The number of Topliss-reactive ketones (excluding diaryl/α,β-unsaturated/α-hetero) is 1. The molecule has 5 nitrogen and oxygen atoms in total. The van der Waals surface area contributed by atoms with Crippen molar-refractivity contribution in [2.75, 3.05) is 14.2 Å². The van der Waals surface area contributed by atoms with Gasteiger partial charge in [-0.05, 0) is 49.4 Å². The van der Waals surface area contributed by atoms with Gasteiger partial charge in [-0.1, -0.05) is 13.3 Å². The predicted molar refractivity (Wildman–Crippen MR) is 86.9 cm³/mol. The van der Waals surface area contributed by atoms with Crippen LogP contribution in [-0.4, -0.2) is 31.9 Å². The van der Waals surface area contributed by atoms with E-state index in [4.69, 9.17) is 9.47 Å². The van der Waals surface area contributed by atoms with Crippen LogP contribution in [0.3, 0.4) is 0 Å². The van der Waals surface area contributed by atoms with Crippen molar-refractivity contribution in [2.45, 2.75) is 52.4 Å². The summed E-state index contributed by atoms with van der Waals surface area (Å²) in [6.45, 7) is 4.16. The molecule has 0 heterocycles. The molecule has 134 valence electrons. The monoisotopic (exact) mass is 336 g/mol. The van der Waals surface area contributed by atoms with Gasteiger partial charge in [0.15, 0.2) is 0 Å². The van der Waals surface area contributed by atoms with Crippen LogP contribution in [-0.2, 0) is 23.9 Å². The Hall–Kier alpha value is -1.39. The minimum atomic E-state index is -0.693. The molecule has 3 rings (SSSR count). The molecule has 0 saturated heterocycles. The van der Waals surface area contributed by atoms with Gasteiger partial charge in [-0.15, -0.1) is 0 Å². The van der Waals surface area contributed by atoms with Crippen molar-refractivity contribution in [3.05, 3.63) is 0 Å². The summed E-state index contributed by atoms with van der Waals surface area (Å²) in [6.07, 6.45) is 4.51. The Morgan fingerprint density at radius 3 is 2.46 bits per heavy atom. The van der Waals surface area contributed by atoms with E-state index < -0.39 is 11.3 Å². The molecule has 3 saturated carbocycles. The maximum atomic E-state index is 12.7. The lowest BCUT2D eigenvalue weighted by atomic mass is 9.53. The molecule has 6 atom stereocenters. The van der Waals surface area contributed by atoms with E-state index >= 15 is 0 Å². The lowest BCUT2D eigenvalue weighted by molar-refractivity contribution is -0.169. The van der Waals surface area contributed by atoms with Crippen molar-refractivity contribution in [1.82, 2.24) is 0 Å². The van der Waals surface area contributed by atoms with Gasteiger partial charge < -0.3 is 9.47 Å². The standard InChI is InChI=1S/C19H28O5/c1-18-8-5-9-19(2,17(22)24-4)15(18)14(16(21)23-3)12-10-11(20)6-7-13(12)18/h12-15H,5-10H2,1-4H3. The number of ether oxygens (including phenoxy) is 2. The maximum Gasteiger partial charge on any atom is 0.311 e. The number of carbonyl (C=O) groups is 3. The van der Waals surface area contributed by atoms with E-state index in [1.807, 2.05) is 6.92 Å². The molecular formula is C19H28O5. The summed E-state index contributed by atoms with van der Waals surface area (Å²) in [5.74, 6) is -0.502. The maximum absolute atomic E-state index is 12.7. The first-order valence-electron chi connectivity index (χ1n) is 8.97. The molecule has 3 fully saturated rings. The molecule has 3 aliphatic rings. The topological polar surface area (TPSA) is 69.7 Å². The van der Waals surface area contributed by atoms with Crippen LogP contribution < -0.4 is 0 Å². The molecule has 0 aliphatic heterocycles. The summed E-state index contributed by atoms with van der Waals surface area (Å²) in [7, 11) is 2.81. The predicted octanol–water partition coefficient (Wildman–Crippen LogP) is 2.76. The van der Waals surface area contributed by atoms with Crippen molar-refractivity contribution >= 4 is 17.7 Å². The van der Waals surface area contributed by atoms with Crippen molar-refractivity contribution in [2.24, 2.45) is 34.5 Å². The van der Waals surface area contributed by atoms with E-state index in [0.29, 0.717) is 18.8 Å². The number of esters is 2. The minimum absolute atomic E-state index is 0.00391. The Morgan fingerprint density at radius 2 is 1.83 bits per heavy atom. The van der Waals surface area contributed by atoms with E-state index in [9.17, 15) is 14.4 Å². The third-order valence-electron chi connectivity index (χ3n) is 7.32. The average Bonchev–Trinajstić information content (AvgIpc) is 2.83. The number of carbonyl (C=O) groups excluding carboxylic acids is 3. The van der Waals surface area contributed by atoms with Gasteiger partial charge in [0, 0.05) is 12.8 Å². The van der Waals surface area contributed by atoms with Crippen LogP contribution in [0.25, 0.3) is 0 Å². The van der Waals surface area contributed by atoms with Crippen molar-refractivity contribution in [3.63, 3.8) is 0 Å². The molecule has 24 heavy (non-hydrogen) atoms. The second kappa shape index (κ2) is 5.85. The zero-order valence-electron chi connectivity index (χ0n) is 15.1. The summed E-state index contributed by atoms with van der Waals surface area (Å²) in [5.41, 5.74) is -0.813. The molecular weight excluding hydrogens is 308 g/mol. The summed E-state index contributed by atoms with van der Waals surface area (Å²) >= 11 is 0. The summed E-state index contributed by atoms with van der Waals surface area (Å²) in [6, 6.07) is 0. The van der Waals surface area contributed by atoms with Crippen LogP contribution in [0.1, 0.15) is 52.4 Å². The summed E-state index contributed by atoms with van der Waals surface area (Å²) in [5, 5.41) is 0. The smallest absolute Gasteiger partial charge is 0.311 e.